The number of amides is 2. The summed E-state index contributed by atoms with van der Waals surface area (Å²) < 4.78 is 24.3. The molecule has 0 bridgehead atoms. The van der Waals surface area contributed by atoms with Crippen molar-refractivity contribution in [2.45, 2.75) is 12.0 Å². The molecule has 1 aromatic rings. The van der Waals surface area contributed by atoms with E-state index in [9.17, 15) is 14.0 Å². The van der Waals surface area contributed by atoms with E-state index in [-0.39, 0.29) is 29.7 Å². The van der Waals surface area contributed by atoms with Crippen LogP contribution in [0.3, 0.4) is 0 Å². The summed E-state index contributed by atoms with van der Waals surface area (Å²) in [6, 6.07) is 4.27. The van der Waals surface area contributed by atoms with Crippen LogP contribution in [0.4, 0.5) is 4.39 Å². The van der Waals surface area contributed by atoms with Crippen molar-refractivity contribution in [2.75, 3.05) is 33.4 Å². The number of halogens is 1. The van der Waals surface area contributed by atoms with Crippen molar-refractivity contribution in [2.24, 2.45) is 0 Å². The Balaban J connectivity index is 1.77. The third kappa shape index (κ3) is 2.52. The lowest BCUT2D eigenvalue weighted by Crippen LogP contribution is -2.54. The molecule has 0 aromatic heterocycles. The zero-order chi connectivity index (χ0) is 15.7. The van der Waals surface area contributed by atoms with E-state index >= 15 is 0 Å². The summed E-state index contributed by atoms with van der Waals surface area (Å²) >= 11 is 0. The van der Waals surface area contributed by atoms with Crippen molar-refractivity contribution in [3.8, 4) is 5.75 Å². The molecule has 6 nitrogen and oxygen atoms in total. The van der Waals surface area contributed by atoms with Gasteiger partial charge in [-0.05, 0) is 18.6 Å². The summed E-state index contributed by atoms with van der Waals surface area (Å²) in [6.07, 6.45) is 0.636. The monoisotopic (exact) mass is 308 g/mol. The van der Waals surface area contributed by atoms with Crippen LogP contribution in [0.25, 0.3) is 0 Å². The summed E-state index contributed by atoms with van der Waals surface area (Å²) in [5.41, 5.74) is -0.344. The fraction of sp³-hybridized carbons (Fsp3) is 0.467. The maximum atomic E-state index is 13.7. The van der Waals surface area contributed by atoms with Crippen LogP contribution in [0.1, 0.15) is 16.8 Å². The molecule has 2 aliphatic heterocycles. The molecule has 22 heavy (non-hydrogen) atoms. The van der Waals surface area contributed by atoms with Gasteiger partial charge in [-0.15, -0.1) is 0 Å². The number of carbonyl (C=O) groups excluding carboxylic acids is 2. The van der Waals surface area contributed by atoms with Crippen molar-refractivity contribution in [3.05, 3.63) is 29.6 Å². The summed E-state index contributed by atoms with van der Waals surface area (Å²) in [5.74, 6) is -1.06. The predicted octanol–water partition coefficient (Wildman–Crippen LogP) is 0.565. The summed E-state index contributed by atoms with van der Waals surface area (Å²) in [6.45, 7) is 1.25. The number of methoxy groups -OCH3 is 1. The molecule has 2 saturated heterocycles. The molecule has 7 heteroatoms. The maximum Gasteiger partial charge on any atom is 0.257 e. The highest BCUT2D eigenvalue weighted by Crippen LogP contribution is 2.30. The van der Waals surface area contributed by atoms with Gasteiger partial charge in [-0.25, -0.2) is 4.39 Å². The summed E-state index contributed by atoms with van der Waals surface area (Å²) in [4.78, 5) is 25.4. The van der Waals surface area contributed by atoms with E-state index in [0.717, 1.165) is 0 Å². The zero-order valence-electron chi connectivity index (χ0n) is 12.2. The minimum absolute atomic E-state index is 0.00527. The molecule has 2 fully saturated rings. The van der Waals surface area contributed by atoms with Crippen LogP contribution < -0.4 is 10.1 Å². The molecule has 1 unspecified atom stereocenters. The Morgan fingerprint density at radius 3 is 3.00 bits per heavy atom. The molecule has 0 aliphatic carbocycles. The standard InChI is InChI=1S/C15H17FN2O4/c1-21-13-10(3-2-4-11(13)16)14(20)18-6-5-15(9-18)8-17-12(19)7-22-15/h2-4H,5-9H2,1H3,(H,17,19). The topological polar surface area (TPSA) is 67.9 Å². The summed E-state index contributed by atoms with van der Waals surface area (Å²) in [7, 11) is 1.33. The van der Waals surface area contributed by atoms with Gasteiger partial charge in [0.25, 0.3) is 5.91 Å². The SMILES string of the molecule is COc1c(F)cccc1C(=O)N1CCC2(CNC(=O)CO2)C1. The number of nitrogens with zero attached hydrogens (tertiary/aromatic N) is 1. The van der Waals surface area contributed by atoms with Gasteiger partial charge in [0.1, 0.15) is 12.2 Å². The number of hydrogen-bond acceptors (Lipinski definition) is 4. The highest BCUT2D eigenvalue weighted by atomic mass is 19.1. The van der Waals surface area contributed by atoms with E-state index in [0.29, 0.717) is 26.1 Å². The molecule has 3 rings (SSSR count). The van der Waals surface area contributed by atoms with Gasteiger partial charge >= 0.3 is 0 Å². The highest BCUT2D eigenvalue weighted by Gasteiger charge is 2.44. The first-order valence-corrected chi connectivity index (χ1v) is 7.07. The smallest absolute Gasteiger partial charge is 0.257 e. The summed E-state index contributed by atoms with van der Waals surface area (Å²) in [5, 5.41) is 2.76. The Bertz CT molecular complexity index is 610. The lowest BCUT2D eigenvalue weighted by molar-refractivity contribution is -0.141. The van der Waals surface area contributed by atoms with Crippen LogP contribution in [0.5, 0.6) is 5.75 Å². The number of nitrogens with one attached hydrogen (secondary N) is 1. The Labute approximate surface area is 127 Å². The van der Waals surface area contributed by atoms with Gasteiger partial charge in [0, 0.05) is 13.1 Å². The molecular formula is C15H17FN2O4. The van der Waals surface area contributed by atoms with E-state index in [4.69, 9.17) is 9.47 Å². The van der Waals surface area contributed by atoms with Crippen LogP contribution in [0, 0.1) is 5.82 Å². The average molecular weight is 308 g/mol. The van der Waals surface area contributed by atoms with Gasteiger partial charge in [0.15, 0.2) is 11.6 Å². The average Bonchev–Trinajstić information content (AvgIpc) is 2.94. The number of rotatable bonds is 2. The molecule has 1 aromatic carbocycles. The van der Waals surface area contributed by atoms with Crippen LogP contribution in [0.2, 0.25) is 0 Å². The normalized spacial score (nSPS) is 24.5. The molecule has 0 saturated carbocycles. The Kier molecular flexibility index (Phi) is 3.74. The van der Waals surface area contributed by atoms with Crippen molar-refractivity contribution >= 4 is 11.8 Å². The first-order valence-electron chi connectivity index (χ1n) is 7.07. The predicted molar refractivity (Wildman–Crippen MR) is 75.2 cm³/mol. The highest BCUT2D eigenvalue weighted by molar-refractivity contribution is 5.97. The van der Waals surface area contributed by atoms with Crippen LogP contribution in [-0.2, 0) is 9.53 Å². The molecule has 2 heterocycles. The van der Waals surface area contributed by atoms with Crippen molar-refractivity contribution in [3.63, 3.8) is 0 Å². The third-order valence-electron chi connectivity index (χ3n) is 4.12. The van der Waals surface area contributed by atoms with Crippen LogP contribution in [0.15, 0.2) is 18.2 Å². The van der Waals surface area contributed by atoms with E-state index in [1.54, 1.807) is 11.0 Å². The molecule has 1 spiro atoms. The minimum atomic E-state index is -0.566. The van der Waals surface area contributed by atoms with E-state index in [1.165, 1.54) is 19.2 Å². The van der Waals surface area contributed by atoms with Crippen LogP contribution in [-0.4, -0.2) is 55.7 Å². The molecule has 2 amide bonds. The number of hydrogen-bond donors (Lipinski definition) is 1. The van der Waals surface area contributed by atoms with E-state index in [1.807, 2.05) is 0 Å². The molecule has 2 aliphatic rings. The number of para-hydroxylation sites is 1. The van der Waals surface area contributed by atoms with Crippen LogP contribution >= 0.6 is 0 Å². The van der Waals surface area contributed by atoms with Gasteiger partial charge in [-0.1, -0.05) is 6.07 Å². The van der Waals surface area contributed by atoms with E-state index < -0.39 is 11.4 Å². The van der Waals surface area contributed by atoms with E-state index in [2.05, 4.69) is 5.32 Å². The number of likely N-dealkylation sites (tertiary alicyclic amines) is 1. The Morgan fingerprint density at radius 1 is 1.50 bits per heavy atom. The number of ether oxygens (including phenoxy) is 2. The van der Waals surface area contributed by atoms with Crippen molar-refractivity contribution in [1.29, 1.82) is 0 Å². The number of morpholine rings is 1. The molecule has 0 radical (unpaired) electrons. The van der Waals surface area contributed by atoms with Gasteiger partial charge < -0.3 is 19.7 Å². The van der Waals surface area contributed by atoms with Crippen molar-refractivity contribution < 1.29 is 23.5 Å². The second kappa shape index (κ2) is 5.57. The first-order chi connectivity index (χ1) is 10.5. The zero-order valence-corrected chi connectivity index (χ0v) is 12.2. The van der Waals surface area contributed by atoms with Gasteiger partial charge in [-0.3, -0.25) is 9.59 Å². The minimum Gasteiger partial charge on any atom is -0.493 e. The van der Waals surface area contributed by atoms with Gasteiger partial charge in [-0.2, -0.15) is 0 Å². The molecule has 1 N–H and O–H groups in total. The quantitative estimate of drug-likeness (QED) is 0.867. The molecule has 1 atom stereocenters. The fourth-order valence-electron chi connectivity index (χ4n) is 2.92. The van der Waals surface area contributed by atoms with Gasteiger partial charge in [0.05, 0.1) is 19.2 Å². The molecular weight excluding hydrogens is 291 g/mol. The fourth-order valence-corrected chi connectivity index (χ4v) is 2.92. The van der Waals surface area contributed by atoms with Crippen molar-refractivity contribution in [1.82, 2.24) is 10.2 Å². The second-order valence-electron chi connectivity index (χ2n) is 5.55. The number of carbonyl (C=O) groups is 2. The first kappa shape index (κ1) is 14.8. The third-order valence-corrected chi connectivity index (χ3v) is 4.12. The maximum absolute atomic E-state index is 13.7. The largest absolute Gasteiger partial charge is 0.493 e. The molecule has 118 valence electrons. The Hall–Kier alpha value is -2.15. The lowest BCUT2D eigenvalue weighted by atomic mass is 10.0. The van der Waals surface area contributed by atoms with Gasteiger partial charge in [0.2, 0.25) is 5.91 Å². The lowest BCUT2D eigenvalue weighted by Gasteiger charge is -2.33. The Morgan fingerprint density at radius 2 is 2.32 bits per heavy atom. The number of benzene rings is 1. The second-order valence-corrected chi connectivity index (χ2v) is 5.55.